The first-order valence-corrected chi connectivity index (χ1v) is 6.26. The molecule has 104 valence electrons. The Balaban J connectivity index is 1.95. The number of ether oxygens (including phenoxy) is 1. The van der Waals surface area contributed by atoms with Crippen LogP contribution in [-0.2, 0) is 11.3 Å². The lowest BCUT2D eigenvalue weighted by Crippen LogP contribution is -2.17. The number of hydrogen-bond donors (Lipinski definition) is 1. The number of benzene rings is 1. The molecule has 0 radical (unpaired) electrons. The summed E-state index contributed by atoms with van der Waals surface area (Å²) in [5.74, 6) is 0. The number of rotatable bonds is 4. The molecular weight excluding hydrogens is 254 g/mol. The molecule has 1 amide bonds. The van der Waals surface area contributed by atoms with Crippen molar-refractivity contribution in [3.8, 4) is 0 Å². The van der Waals surface area contributed by atoms with Crippen molar-refractivity contribution >= 4 is 17.5 Å². The molecule has 0 fully saturated rings. The highest BCUT2D eigenvalue weighted by atomic mass is 16.5. The van der Waals surface area contributed by atoms with E-state index in [0.29, 0.717) is 5.69 Å². The van der Waals surface area contributed by atoms with Gasteiger partial charge in [0.25, 0.3) is 0 Å². The zero-order chi connectivity index (χ0) is 14.4. The normalized spacial score (nSPS) is 9.90. The predicted molar refractivity (Wildman–Crippen MR) is 78.8 cm³/mol. The summed E-state index contributed by atoms with van der Waals surface area (Å²) in [6, 6.07) is 11.4. The fourth-order valence-electron chi connectivity index (χ4n) is 1.74. The first-order chi connectivity index (χ1) is 9.66. The van der Waals surface area contributed by atoms with Crippen molar-refractivity contribution in [1.29, 1.82) is 0 Å². The number of anilines is 2. The molecule has 0 aliphatic rings. The van der Waals surface area contributed by atoms with Gasteiger partial charge in [-0.05, 0) is 11.6 Å². The lowest BCUT2D eigenvalue weighted by Gasteiger charge is -2.17. The average molecular weight is 271 g/mol. The smallest absolute Gasteiger partial charge is 0.412 e. The maximum Gasteiger partial charge on any atom is 0.412 e. The molecule has 0 unspecified atom stereocenters. The molecule has 2 rings (SSSR count). The van der Waals surface area contributed by atoms with Gasteiger partial charge in [-0.1, -0.05) is 30.3 Å². The van der Waals surface area contributed by atoms with Crippen LogP contribution in [0.25, 0.3) is 0 Å². The van der Waals surface area contributed by atoms with E-state index in [4.69, 9.17) is 4.74 Å². The molecule has 1 N–H and O–H groups in total. The lowest BCUT2D eigenvalue weighted by molar-refractivity contribution is 0.155. The number of carbonyl (C=O) groups excluding carboxylic acids is 1. The van der Waals surface area contributed by atoms with Gasteiger partial charge in [-0.3, -0.25) is 10.3 Å². The molecule has 0 aliphatic heterocycles. The quantitative estimate of drug-likeness (QED) is 0.929. The minimum atomic E-state index is -0.495. The highest BCUT2D eigenvalue weighted by molar-refractivity contribution is 5.89. The summed E-state index contributed by atoms with van der Waals surface area (Å²) in [5, 5.41) is 2.70. The van der Waals surface area contributed by atoms with Crippen LogP contribution in [0.1, 0.15) is 5.56 Å². The van der Waals surface area contributed by atoms with Gasteiger partial charge < -0.3 is 9.64 Å². The third-order valence-corrected chi connectivity index (χ3v) is 2.73. The number of nitrogens with zero attached hydrogens (tertiary/aromatic N) is 2. The summed E-state index contributed by atoms with van der Waals surface area (Å²) >= 11 is 0. The Labute approximate surface area is 118 Å². The van der Waals surface area contributed by atoms with Gasteiger partial charge in [-0.25, -0.2) is 4.79 Å². The predicted octanol–water partition coefficient (Wildman–Crippen LogP) is 2.90. The van der Waals surface area contributed by atoms with Crippen LogP contribution in [0.15, 0.2) is 48.8 Å². The van der Waals surface area contributed by atoms with E-state index in [0.717, 1.165) is 11.3 Å². The molecule has 1 aromatic carbocycles. The van der Waals surface area contributed by atoms with Crippen LogP contribution in [0.3, 0.4) is 0 Å². The monoisotopic (exact) mass is 271 g/mol. The summed E-state index contributed by atoms with van der Waals surface area (Å²) in [4.78, 5) is 17.7. The molecule has 1 heterocycles. The zero-order valence-corrected chi connectivity index (χ0v) is 11.5. The first kappa shape index (κ1) is 13.9. The van der Waals surface area contributed by atoms with Crippen LogP contribution in [0.5, 0.6) is 0 Å². The molecule has 2 aromatic rings. The number of pyridine rings is 1. The van der Waals surface area contributed by atoms with E-state index in [1.807, 2.05) is 55.4 Å². The Morgan fingerprint density at radius 1 is 1.25 bits per heavy atom. The summed E-state index contributed by atoms with van der Waals surface area (Å²) in [6.07, 6.45) is 2.78. The van der Waals surface area contributed by atoms with Gasteiger partial charge in [0, 0.05) is 20.3 Å². The van der Waals surface area contributed by atoms with Crippen molar-refractivity contribution in [3.63, 3.8) is 0 Å². The first-order valence-electron chi connectivity index (χ1n) is 6.26. The van der Waals surface area contributed by atoms with E-state index in [1.54, 1.807) is 12.4 Å². The molecule has 0 saturated heterocycles. The molecule has 0 bridgehead atoms. The molecule has 0 spiro atoms. The molecule has 0 aliphatic carbocycles. The Kier molecular flexibility index (Phi) is 4.55. The van der Waals surface area contributed by atoms with Crippen molar-refractivity contribution in [3.05, 3.63) is 54.4 Å². The number of nitrogens with one attached hydrogen (secondary N) is 1. The summed E-state index contributed by atoms with van der Waals surface area (Å²) < 4.78 is 5.17. The summed E-state index contributed by atoms with van der Waals surface area (Å²) in [7, 11) is 3.80. The van der Waals surface area contributed by atoms with Crippen LogP contribution < -0.4 is 10.2 Å². The van der Waals surface area contributed by atoms with Gasteiger partial charge in [0.2, 0.25) is 0 Å². The van der Waals surface area contributed by atoms with Crippen molar-refractivity contribution in [2.45, 2.75) is 6.61 Å². The summed E-state index contributed by atoms with van der Waals surface area (Å²) in [6.45, 7) is 0.240. The average Bonchev–Trinajstić information content (AvgIpc) is 2.46. The molecule has 0 atom stereocenters. The van der Waals surface area contributed by atoms with Crippen LogP contribution in [0.4, 0.5) is 16.2 Å². The molecule has 1 aromatic heterocycles. The Hall–Kier alpha value is -2.56. The summed E-state index contributed by atoms with van der Waals surface area (Å²) in [5.41, 5.74) is 2.44. The van der Waals surface area contributed by atoms with Crippen molar-refractivity contribution in [2.75, 3.05) is 24.3 Å². The highest BCUT2D eigenvalue weighted by Crippen LogP contribution is 2.22. The number of aromatic nitrogens is 1. The second-order valence-corrected chi connectivity index (χ2v) is 4.47. The maximum atomic E-state index is 11.8. The third-order valence-electron chi connectivity index (χ3n) is 2.73. The lowest BCUT2D eigenvalue weighted by atomic mass is 10.2. The maximum absolute atomic E-state index is 11.8. The van der Waals surface area contributed by atoms with Gasteiger partial charge in [0.05, 0.1) is 17.6 Å². The van der Waals surface area contributed by atoms with Gasteiger partial charge in [-0.2, -0.15) is 0 Å². The molecule has 5 nitrogen and oxygen atoms in total. The SMILES string of the molecule is CN(C)c1ccncc1NC(=O)OCc1ccccc1. The van der Waals surface area contributed by atoms with Gasteiger partial charge in [0.15, 0.2) is 0 Å². The third kappa shape index (κ3) is 3.71. The van der Waals surface area contributed by atoms with Crippen LogP contribution in [-0.4, -0.2) is 25.2 Å². The minimum absolute atomic E-state index is 0.240. The molecule has 5 heteroatoms. The van der Waals surface area contributed by atoms with Gasteiger partial charge in [0.1, 0.15) is 6.61 Å². The van der Waals surface area contributed by atoms with Crippen LogP contribution in [0.2, 0.25) is 0 Å². The molecule has 20 heavy (non-hydrogen) atoms. The second kappa shape index (κ2) is 6.56. The largest absolute Gasteiger partial charge is 0.444 e. The topological polar surface area (TPSA) is 54.5 Å². The second-order valence-electron chi connectivity index (χ2n) is 4.47. The van der Waals surface area contributed by atoms with E-state index in [9.17, 15) is 4.79 Å². The van der Waals surface area contributed by atoms with Crippen molar-refractivity contribution in [1.82, 2.24) is 4.98 Å². The van der Waals surface area contributed by atoms with Crippen LogP contribution in [0, 0.1) is 0 Å². The van der Waals surface area contributed by atoms with Crippen LogP contribution >= 0.6 is 0 Å². The number of hydrogen-bond acceptors (Lipinski definition) is 4. The Morgan fingerprint density at radius 3 is 2.70 bits per heavy atom. The van der Waals surface area contributed by atoms with E-state index < -0.39 is 6.09 Å². The Morgan fingerprint density at radius 2 is 2.00 bits per heavy atom. The van der Waals surface area contributed by atoms with Gasteiger partial charge >= 0.3 is 6.09 Å². The molecular formula is C15H17N3O2. The van der Waals surface area contributed by atoms with E-state index in [1.165, 1.54) is 0 Å². The highest BCUT2D eigenvalue weighted by Gasteiger charge is 2.09. The standard InChI is InChI=1S/C15H17N3O2/c1-18(2)14-8-9-16-10-13(14)17-15(19)20-11-12-6-4-3-5-7-12/h3-10H,11H2,1-2H3,(H,17,19). The van der Waals surface area contributed by atoms with E-state index >= 15 is 0 Å². The van der Waals surface area contributed by atoms with Crippen molar-refractivity contribution < 1.29 is 9.53 Å². The van der Waals surface area contributed by atoms with E-state index in [2.05, 4.69) is 10.3 Å². The minimum Gasteiger partial charge on any atom is -0.444 e. The van der Waals surface area contributed by atoms with E-state index in [-0.39, 0.29) is 6.61 Å². The van der Waals surface area contributed by atoms with Crippen molar-refractivity contribution in [2.24, 2.45) is 0 Å². The molecule has 0 saturated carbocycles. The zero-order valence-electron chi connectivity index (χ0n) is 11.5. The fourth-order valence-corrected chi connectivity index (χ4v) is 1.74. The Bertz CT molecular complexity index is 570. The number of amides is 1. The number of carbonyl (C=O) groups is 1. The van der Waals surface area contributed by atoms with Gasteiger partial charge in [-0.15, -0.1) is 0 Å². The fraction of sp³-hybridized carbons (Fsp3) is 0.200.